The van der Waals surface area contributed by atoms with Crippen LogP contribution >= 0.6 is 20.7 Å². The Kier molecular flexibility index (Phi) is 4.73. The van der Waals surface area contributed by atoms with Gasteiger partial charge in [0, 0.05) is 39.1 Å². The number of rotatable bonds is 3. The van der Waals surface area contributed by atoms with E-state index in [1.807, 2.05) is 12.4 Å². The fourth-order valence-electron chi connectivity index (χ4n) is 4.00. The number of allylic oxidation sites excluding steroid dienone is 2. The molecule has 1 atom stereocenters. The van der Waals surface area contributed by atoms with E-state index in [1.165, 1.54) is 30.5 Å². The molecule has 0 bridgehead atoms. The standard InChI is InChI=1S/C19H24IN5/c21-13-19(7-2-1-3-8-19)17-12-20-9-4-16(24-17)14-5-10-23-18-15(14)6-11-25(18)22/h4-6,9-11,13,18,21,23H,1-3,7-8,12,22H2. The Morgan fingerprint density at radius 2 is 2.16 bits per heavy atom. The number of nitrogens with one attached hydrogen (secondary N) is 2. The summed E-state index contributed by atoms with van der Waals surface area (Å²) in [4.78, 5) is 5.14. The van der Waals surface area contributed by atoms with Crippen molar-refractivity contribution < 1.29 is 0 Å². The molecule has 132 valence electrons. The molecule has 1 aliphatic carbocycles. The van der Waals surface area contributed by atoms with Crippen molar-refractivity contribution in [3.05, 3.63) is 47.5 Å². The minimum absolute atomic E-state index is 0.0103. The van der Waals surface area contributed by atoms with E-state index in [0.29, 0.717) is 0 Å². The third kappa shape index (κ3) is 3.06. The third-order valence-corrected chi connectivity index (χ3v) is 7.51. The van der Waals surface area contributed by atoms with E-state index in [9.17, 15) is 0 Å². The highest BCUT2D eigenvalue weighted by Gasteiger charge is 2.36. The van der Waals surface area contributed by atoms with Gasteiger partial charge in [-0.05, 0) is 41.3 Å². The average Bonchev–Trinajstić information content (AvgIpc) is 2.88. The highest BCUT2D eigenvalue weighted by molar-refractivity contribution is 14.2. The average molecular weight is 449 g/mol. The van der Waals surface area contributed by atoms with Gasteiger partial charge in [0.05, 0.1) is 5.70 Å². The van der Waals surface area contributed by atoms with Gasteiger partial charge in [0.15, 0.2) is 0 Å². The molecule has 5 nitrogen and oxygen atoms in total. The summed E-state index contributed by atoms with van der Waals surface area (Å²) in [7, 11) is 0. The smallest absolute Gasteiger partial charge is 0.139 e. The number of hydrazine groups is 1. The first-order valence-electron chi connectivity index (χ1n) is 8.83. The second-order valence-corrected chi connectivity index (χ2v) is 9.28. The number of dihydropyridines is 1. The molecule has 0 aromatic rings. The Hall–Kier alpha value is -1.54. The number of nitrogens with zero attached hydrogens (tertiary/aromatic N) is 2. The summed E-state index contributed by atoms with van der Waals surface area (Å²) in [5, 5.41) is 13.1. The second kappa shape index (κ2) is 6.99. The number of nitrogens with two attached hydrogens (primary N) is 1. The maximum absolute atomic E-state index is 8.11. The molecule has 0 aromatic heterocycles. The van der Waals surface area contributed by atoms with Gasteiger partial charge in [-0.15, -0.1) is 20.7 Å². The Bertz CT molecular complexity index is 750. The molecule has 1 fully saturated rings. The summed E-state index contributed by atoms with van der Waals surface area (Å²) >= 11 is -0.0429. The van der Waals surface area contributed by atoms with E-state index < -0.39 is 0 Å². The molecular formula is C19H24IN5. The van der Waals surface area contributed by atoms with Gasteiger partial charge in [-0.1, -0.05) is 19.3 Å². The van der Waals surface area contributed by atoms with Gasteiger partial charge in [0.1, 0.15) is 6.17 Å². The molecule has 4 N–H and O–H groups in total. The van der Waals surface area contributed by atoms with Crippen LogP contribution in [-0.2, 0) is 0 Å². The van der Waals surface area contributed by atoms with Crippen LogP contribution < -0.4 is 11.2 Å². The molecule has 0 spiro atoms. The van der Waals surface area contributed by atoms with Gasteiger partial charge < -0.3 is 10.7 Å². The first-order chi connectivity index (χ1) is 12.2. The van der Waals surface area contributed by atoms with Crippen molar-refractivity contribution in [2.24, 2.45) is 16.3 Å². The summed E-state index contributed by atoms with van der Waals surface area (Å²) in [5.74, 6) is 6.03. The van der Waals surface area contributed by atoms with Crippen LogP contribution in [0.5, 0.6) is 0 Å². The fourth-order valence-corrected chi connectivity index (χ4v) is 6.19. The fraction of sp³-hybridized carbons (Fsp3) is 0.421. The lowest BCUT2D eigenvalue weighted by atomic mass is 9.72. The molecule has 0 amide bonds. The molecule has 3 aliphatic heterocycles. The van der Waals surface area contributed by atoms with Crippen LogP contribution in [0.15, 0.2) is 52.5 Å². The number of alkyl halides is 1. The maximum atomic E-state index is 8.11. The van der Waals surface area contributed by atoms with Crippen LogP contribution in [-0.4, -0.2) is 31.5 Å². The van der Waals surface area contributed by atoms with Crippen molar-refractivity contribution >= 4 is 36.7 Å². The van der Waals surface area contributed by atoms with Crippen molar-refractivity contribution in [1.29, 1.82) is 5.41 Å². The Morgan fingerprint density at radius 1 is 1.32 bits per heavy atom. The van der Waals surface area contributed by atoms with Crippen LogP contribution in [0.25, 0.3) is 0 Å². The Balaban J connectivity index is 1.74. The van der Waals surface area contributed by atoms with Gasteiger partial charge in [-0.25, -0.2) is 5.84 Å². The topological polar surface area (TPSA) is 77.5 Å². The summed E-state index contributed by atoms with van der Waals surface area (Å²) < 4.78 is 3.38. The summed E-state index contributed by atoms with van der Waals surface area (Å²) in [5.41, 5.74) is 4.46. The molecule has 0 aromatic carbocycles. The lowest BCUT2D eigenvalue weighted by Gasteiger charge is -2.34. The number of halogens is 1. The molecule has 3 heterocycles. The van der Waals surface area contributed by atoms with Crippen LogP contribution in [0.1, 0.15) is 32.1 Å². The molecule has 4 aliphatic rings. The number of hydrogen-bond donors (Lipinski definition) is 3. The molecule has 6 heteroatoms. The van der Waals surface area contributed by atoms with E-state index in [0.717, 1.165) is 28.5 Å². The summed E-state index contributed by atoms with van der Waals surface area (Å²) in [6, 6.07) is 0. The predicted octanol–water partition coefficient (Wildman–Crippen LogP) is 3.14. The summed E-state index contributed by atoms with van der Waals surface area (Å²) in [6.45, 7) is 0. The van der Waals surface area contributed by atoms with Crippen molar-refractivity contribution in [3.8, 4) is 0 Å². The molecule has 0 saturated heterocycles. The van der Waals surface area contributed by atoms with Crippen LogP contribution in [0, 0.1) is 10.8 Å². The first kappa shape index (κ1) is 16.9. The predicted molar refractivity (Wildman–Crippen MR) is 113 cm³/mol. The number of aliphatic imine (C=N–C) groups is 1. The van der Waals surface area contributed by atoms with Gasteiger partial charge >= 0.3 is 0 Å². The van der Waals surface area contributed by atoms with Gasteiger partial charge in [-0.2, -0.15) is 0 Å². The lowest BCUT2D eigenvalue weighted by Crippen LogP contribution is -2.44. The first-order valence-corrected chi connectivity index (χ1v) is 11.6. The number of fused-ring (bicyclic) bond motifs is 1. The van der Waals surface area contributed by atoms with Crippen LogP contribution in [0.4, 0.5) is 0 Å². The molecular weight excluding hydrogens is 425 g/mol. The minimum Gasteiger partial charge on any atom is -0.366 e. The van der Waals surface area contributed by atoms with E-state index in [2.05, 4.69) is 27.6 Å². The molecule has 25 heavy (non-hydrogen) atoms. The normalized spacial score (nSPS) is 27.7. The Labute approximate surface area is 158 Å². The maximum Gasteiger partial charge on any atom is 0.139 e. The molecule has 0 radical (unpaired) electrons. The van der Waals surface area contributed by atoms with Crippen molar-refractivity contribution in [1.82, 2.24) is 10.3 Å². The van der Waals surface area contributed by atoms with Crippen molar-refractivity contribution in [2.45, 2.75) is 38.3 Å². The zero-order valence-corrected chi connectivity index (χ0v) is 16.4. The molecule has 4 rings (SSSR count). The monoisotopic (exact) mass is 449 g/mol. The van der Waals surface area contributed by atoms with Gasteiger partial charge in [0.25, 0.3) is 0 Å². The highest BCUT2D eigenvalue weighted by Crippen LogP contribution is 2.39. The van der Waals surface area contributed by atoms with E-state index in [-0.39, 0.29) is 32.3 Å². The minimum atomic E-state index is -0.109. The van der Waals surface area contributed by atoms with E-state index in [4.69, 9.17) is 16.2 Å². The quantitative estimate of drug-likeness (QED) is 0.268. The van der Waals surface area contributed by atoms with E-state index >= 15 is 0 Å². The molecule has 1 unspecified atom stereocenters. The zero-order chi connectivity index (χ0) is 17.3. The summed E-state index contributed by atoms with van der Waals surface area (Å²) in [6.07, 6.45) is 17.7. The molecule has 1 saturated carbocycles. The largest absolute Gasteiger partial charge is 0.366 e. The number of hydrogen-bond acceptors (Lipinski definition) is 5. The SMILES string of the molecule is N=CC1(C2=NC(C3=C4C=CN(N)C4NC=C3)=CC=IC2)CCCCC1. The second-order valence-electron chi connectivity index (χ2n) is 6.92. The third-order valence-electron chi connectivity index (χ3n) is 5.48. The van der Waals surface area contributed by atoms with Crippen molar-refractivity contribution in [3.63, 3.8) is 0 Å². The van der Waals surface area contributed by atoms with Gasteiger partial charge in [0.2, 0.25) is 0 Å². The van der Waals surface area contributed by atoms with Gasteiger partial charge in [-0.3, -0.25) is 10.0 Å². The Morgan fingerprint density at radius 3 is 2.96 bits per heavy atom. The van der Waals surface area contributed by atoms with Crippen LogP contribution in [0.2, 0.25) is 0 Å². The zero-order valence-electron chi connectivity index (χ0n) is 14.2. The van der Waals surface area contributed by atoms with Crippen molar-refractivity contribution in [2.75, 3.05) is 4.43 Å². The van der Waals surface area contributed by atoms with Crippen LogP contribution in [0.3, 0.4) is 0 Å². The lowest BCUT2D eigenvalue weighted by molar-refractivity contribution is 0.312. The highest BCUT2D eigenvalue weighted by atomic mass is 127. The van der Waals surface area contributed by atoms with E-state index in [1.54, 1.807) is 11.2 Å².